The van der Waals surface area contributed by atoms with Gasteiger partial charge in [0.2, 0.25) is 65.0 Å². The van der Waals surface area contributed by atoms with Crippen molar-refractivity contribution in [2.75, 3.05) is 61.4 Å². The van der Waals surface area contributed by atoms with E-state index in [9.17, 15) is 61.1 Å². The summed E-state index contributed by atoms with van der Waals surface area (Å²) in [5.74, 6) is -10.3. The minimum atomic E-state index is -4.73. The molecule has 11 amide bonds. The summed E-state index contributed by atoms with van der Waals surface area (Å²) in [5.41, 5.74) is -1.50. The molecule has 3 saturated heterocycles. The van der Waals surface area contributed by atoms with Gasteiger partial charge < -0.3 is 55.6 Å². The van der Waals surface area contributed by atoms with Gasteiger partial charge in [-0.15, -0.1) is 0 Å². The standard InChI is InChI=1S/C65H105F4N11O11/c1-13-40(6)54-62(90)75(9)37-53(83)79-31-27-48(79)61(89)77(11)50(35-42-20-15-14-16-21-42)60(88)74(8)36-51(81)71-46(26-24-43-23-25-44(45(66)34-43)65(67,68)69)59(87)80-30-19-22-47(80)57(85)73-64(28-17-18-29-64)63(91)78(12)55(39(4)5)58(86)70-41(7)33-52(82)76(10)49(32-38(2)3)56(84)72-54/h38-50,54-55H,13-37H2,1-12H3,(H,70,86)(H,71,81)(H,72,84)(H,73,85)/t40-,41+,43?,44?,45?,46-,47-,48-,49-,50-,54-,55-/m0/s1. The number of carbonyl (C=O) groups is 11. The predicted octanol–water partition coefficient (Wildman–Crippen LogP) is 5.10. The first-order chi connectivity index (χ1) is 42.7. The van der Waals surface area contributed by atoms with Crippen molar-refractivity contribution in [3.8, 4) is 0 Å². The van der Waals surface area contributed by atoms with Crippen molar-refractivity contribution in [3.63, 3.8) is 0 Å². The van der Waals surface area contributed by atoms with E-state index in [-0.39, 0.29) is 89.1 Å². The second-order valence-electron chi connectivity index (χ2n) is 28.2. The second kappa shape index (κ2) is 32.2. The maximum Gasteiger partial charge on any atom is 0.394 e. The van der Waals surface area contributed by atoms with Crippen molar-refractivity contribution in [2.24, 2.45) is 35.5 Å². The van der Waals surface area contributed by atoms with Gasteiger partial charge in [0.25, 0.3) is 0 Å². The number of hydrogen-bond donors (Lipinski definition) is 4. The second-order valence-corrected chi connectivity index (χ2v) is 28.2. The minimum absolute atomic E-state index is 0.0163. The molecule has 514 valence electrons. The molecule has 0 aromatic carbocycles. The Morgan fingerprint density at radius 3 is 1.82 bits per heavy atom. The van der Waals surface area contributed by atoms with Crippen LogP contribution in [0.5, 0.6) is 0 Å². The molecular formula is C65H105F4N11O11. The fraction of sp³-hybridized carbons (Fsp3) is 0.831. The highest BCUT2D eigenvalue weighted by atomic mass is 19.4. The Balaban J connectivity index is 1.35. The van der Waals surface area contributed by atoms with E-state index in [1.54, 1.807) is 27.7 Å². The number of nitrogens with one attached hydrogen (secondary N) is 4. The molecule has 0 aromatic rings. The third-order valence-electron chi connectivity index (χ3n) is 20.5. The van der Waals surface area contributed by atoms with Crippen LogP contribution in [0.1, 0.15) is 183 Å². The fourth-order valence-corrected chi connectivity index (χ4v) is 14.7. The minimum Gasteiger partial charge on any atom is -0.351 e. The van der Waals surface area contributed by atoms with Crippen LogP contribution in [0.2, 0.25) is 0 Å². The van der Waals surface area contributed by atoms with Crippen LogP contribution in [0, 0.1) is 35.5 Å². The van der Waals surface area contributed by atoms with Gasteiger partial charge in [0, 0.05) is 60.8 Å². The van der Waals surface area contributed by atoms with Crippen LogP contribution in [0.3, 0.4) is 0 Å². The van der Waals surface area contributed by atoms with Gasteiger partial charge in [-0.1, -0.05) is 92.9 Å². The highest BCUT2D eigenvalue weighted by molar-refractivity contribution is 6.00. The van der Waals surface area contributed by atoms with Gasteiger partial charge in [-0.25, -0.2) is 4.39 Å². The molecule has 0 bridgehead atoms. The number of amides is 11. The van der Waals surface area contributed by atoms with Crippen LogP contribution >= 0.6 is 0 Å². The van der Waals surface area contributed by atoms with Gasteiger partial charge in [0.05, 0.1) is 19.0 Å². The van der Waals surface area contributed by atoms with Gasteiger partial charge in [0.1, 0.15) is 54.0 Å². The summed E-state index contributed by atoms with van der Waals surface area (Å²) >= 11 is 0. The lowest BCUT2D eigenvalue weighted by atomic mass is 9.78. The highest BCUT2D eigenvalue weighted by Gasteiger charge is 2.51. The van der Waals surface area contributed by atoms with Crippen LogP contribution in [-0.2, 0) is 52.7 Å². The molecule has 3 aliphatic heterocycles. The zero-order valence-electron chi connectivity index (χ0n) is 56.0. The van der Waals surface area contributed by atoms with Crippen LogP contribution in [-0.4, -0.2) is 227 Å². The number of alkyl halides is 4. The van der Waals surface area contributed by atoms with E-state index >= 15 is 9.18 Å². The normalized spacial score (nSPS) is 30.9. The van der Waals surface area contributed by atoms with E-state index < -0.39 is 181 Å². The zero-order valence-corrected chi connectivity index (χ0v) is 56.0. The Morgan fingerprint density at radius 2 is 1.24 bits per heavy atom. The number of rotatable bonds is 10. The average molecular weight is 1290 g/mol. The van der Waals surface area contributed by atoms with Gasteiger partial charge >= 0.3 is 6.18 Å². The van der Waals surface area contributed by atoms with Crippen molar-refractivity contribution < 1.29 is 70.3 Å². The van der Waals surface area contributed by atoms with Crippen LogP contribution in [0.25, 0.3) is 0 Å². The molecule has 1 spiro atoms. The predicted molar refractivity (Wildman–Crippen MR) is 331 cm³/mol. The van der Waals surface area contributed by atoms with Gasteiger partial charge in [-0.05, 0) is 114 Å². The summed E-state index contributed by atoms with van der Waals surface area (Å²) < 4.78 is 56.5. The lowest BCUT2D eigenvalue weighted by Gasteiger charge is -2.44. The quantitative estimate of drug-likeness (QED) is 0.209. The van der Waals surface area contributed by atoms with E-state index in [0.717, 1.165) is 37.0 Å². The topological polar surface area (TPSA) is 259 Å². The summed E-state index contributed by atoms with van der Waals surface area (Å²) in [4.78, 5) is 169. The number of halogens is 4. The van der Waals surface area contributed by atoms with Crippen molar-refractivity contribution in [1.29, 1.82) is 0 Å². The molecule has 91 heavy (non-hydrogen) atoms. The number of carbonyl (C=O) groups excluding carboxylic acids is 11. The smallest absolute Gasteiger partial charge is 0.351 e. The molecule has 12 atom stereocenters. The van der Waals surface area contributed by atoms with E-state index in [1.165, 1.54) is 64.6 Å². The SMILES string of the molecule is CC[C@H](C)[C@@H]1NC(=O)[C@H](CC(C)C)N(C)C(=O)C[C@@H](C)NC(=O)[C@H](C(C)C)N(C)C(=O)C2(CCCC2)NC(=O)[C@@H]2CCCN2C(=O)[C@H](CCC2CCC(C(F)(F)F)C(F)C2)NC(=O)CN(C)C(=O)[C@H](CC2CCCCC2)N(C)C(=O)[C@@H]2CCN2C(=O)CN(C)C1=O. The summed E-state index contributed by atoms with van der Waals surface area (Å²) in [7, 11) is 7.25. The monoisotopic (exact) mass is 1290 g/mol. The first-order valence-electron chi connectivity index (χ1n) is 33.5. The molecule has 3 unspecified atom stereocenters. The van der Waals surface area contributed by atoms with Crippen molar-refractivity contribution >= 4 is 65.0 Å². The Bertz CT molecular complexity index is 2620. The molecular weight excluding hydrogens is 1190 g/mol. The molecule has 4 N–H and O–H groups in total. The molecule has 26 heteroatoms. The zero-order chi connectivity index (χ0) is 67.6. The maximum atomic E-state index is 15.2. The molecule has 3 heterocycles. The lowest BCUT2D eigenvalue weighted by Crippen LogP contribution is -2.64. The molecule has 6 aliphatic rings. The third kappa shape index (κ3) is 18.4. The van der Waals surface area contributed by atoms with E-state index in [1.807, 2.05) is 20.8 Å². The van der Waals surface area contributed by atoms with Crippen LogP contribution in [0.15, 0.2) is 0 Å². The third-order valence-corrected chi connectivity index (χ3v) is 20.5. The highest BCUT2D eigenvalue weighted by Crippen LogP contribution is 2.43. The molecule has 0 aromatic heterocycles. The molecule has 6 rings (SSSR count). The van der Waals surface area contributed by atoms with Gasteiger partial charge in [-0.3, -0.25) is 52.7 Å². The molecule has 22 nitrogen and oxygen atoms in total. The van der Waals surface area contributed by atoms with E-state index in [2.05, 4.69) is 21.3 Å². The lowest BCUT2D eigenvalue weighted by molar-refractivity contribution is -0.201. The first kappa shape index (κ1) is 73.9. The van der Waals surface area contributed by atoms with Crippen LogP contribution in [0.4, 0.5) is 17.6 Å². The van der Waals surface area contributed by atoms with Crippen LogP contribution < -0.4 is 21.3 Å². The first-order valence-corrected chi connectivity index (χ1v) is 33.5. The van der Waals surface area contributed by atoms with E-state index in [0.29, 0.717) is 25.7 Å². The number of nitrogens with zero attached hydrogens (tertiary/aromatic N) is 7. The van der Waals surface area contributed by atoms with Gasteiger partial charge in [-0.2, -0.15) is 13.2 Å². The maximum absolute atomic E-state index is 15.2. The molecule has 3 aliphatic carbocycles. The van der Waals surface area contributed by atoms with Gasteiger partial charge in [0.15, 0.2) is 0 Å². The summed E-state index contributed by atoms with van der Waals surface area (Å²) in [6.45, 7) is 11.7. The van der Waals surface area contributed by atoms with Crippen molar-refractivity contribution in [2.45, 2.75) is 250 Å². The Kier molecular flexibility index (Phi) is 26.1. The largest absolute Gasteiger partial charge is 0.394 e. The Morgan fingerprint density at radius 1 is 0.593 bits per heavy atom. The van der Waals surface area contributed by atoms with Crippen molar-refractivity contribution in [1.82, 2.24) is 55.6 Å². The Labute approximate surface area is 535 Å². The number of likely N-dealkylation sites (N-methyl/N-ethyl adjacent to an activating group) is 5. The summed E-state index contributed by atoms with van der Waals surface area (Å²) in [5, 5.41) is 11.6. The van der Waals surface area contributed by atoms with E-state index in [4.69, 9.17) is 0 Å². The van der Waals surface area contributed by atoms with Crippen molar-refractivity contribution in [3.05, 3.63) is 0 Å². The molecule has 3 saturated carbocycles. The Hall–Kier alpha value is -6.11. The molecule has 6 fully saturated rings. The molecule has 0 radical (unpaired) electrons. The average Bonchev–Trinajstić information content (AvgIpc) is 2.40. The number of fused-ring (bicyclic) bond motifs is 2. The number of hydrogen-bond acceptors (Lipinski definition) is 11. The fourth-order valence-electron chi connectivity index (χ4n) is 14.7. The summed E-state index contributed by atoms with van der Waals surface area (Å²) in [6, 6.07) is -8.71. The summed E-state index contributed by atoms with van der Waals surface area (Å²) in [6.07, 6.45) is -0.509.